The van der Waals surface area contributed by atoms with Crippen LogP contribution in [0.25, 0.3) is 0 Å². The first kappa shape index (κ1) is 22.8. The second-order valence-electron chi connectivity index (χ2n) is 7.71. The minimum absolute atomic E-state index is 0.0813. The molecule has 0 bridgehead atoms. The van der Waals surface area contributed by atoms with Gasteiger partial charge in [0.1, 0.15) is 11.6 Å². The highest BCUT2D eigenvalue weighted by molar-refractivity contribution is 5.79. The molecule has 1 atom stereocenters. The lowest BCUT2D eigenvalue weighted by Crippen LogP contribution is -2.39. The average molecular weight is 403 g/mol. The second kappa shape index (κ2) is 11.5. The summed E-state index contributed by atoms with van der Waals surface area (Å²) < 4.78 is 18.9. The third kappa shape index (κ3) is 7.83. The van der Waals surface area contributed by atoms with E-state index >= 15 is 0 Å². The topological polar surface area (TPSA) is 75.8 Å². The van der Waals surface area contributed by atoms with Crippen molar-refractivity contribution >= 4 is 5.91 Å². The molecule has 2 rings (SSSR count). The van der Waals surface area contributed by atoms with Gasteiger partial charge in [0, 0.05) is 25.6 Å². The summed E-state index contributed by atoms with van der Waals surface area (Å²) in [5.74, 6) is 0.546. The molecule has 1 unspecified atom stereocenters. The van der Waals surface area contributed by atoms with Crippen LogP contribution in [0.5, 0.6) is 5.75 Å². The van der Waals surface area contributed by atoms with E-state index in [1.165, 1.54) is 12.1 Å². The van der Waals surface area contributed by atoms with Gasteiger partial charge in [-0.05, 0) is 47.9 Å². The van der Waals surface area contributed by atoms with E-state index in [2.05, 4.69) is 13.8 Å². The molecule has 0 fully saturated rings. The lowest BCUT2D eigenvalue weighted by atomic mass is 10.1. The highest BCUT2D eigenvalue weighted by Gasteiger charge is 2.19. The van der Waals surface area contributed by atoms with Crippen molar-refractivity contribution in [1.82, 2.24) is 4.90 Å². The molecular formula is C23H31FN2O3. The number of nitrogens with zero attached hydrogens (tertiary/aromatic N) is 1. The van der Waals surface area contributed by atoms with Gasteiger partial charge in [-0.1, -0.05) is 38.1 Å². The predicted octanol–water partition coefficient (Wildman–Crippen LogP) is 3.00. The van der Waals surface area contributed by atoms with Crippen LogP contribution in [0.2, 0.25) is 0 Å². The number of aliphatic hydroxyl groups is 1. The van der Waals surface area contributed by atoms with Crippen LogP contribution in [0, 0.1) is 17.7 Å². The number of benzene rings is 2. The fourth-order valence-electron chi connectivity index (χ4n) is 2.88. The van der Waals surface area contributed by atoms with Crippen molar-refractivity contribution in [3.63, 3.8) is 0 Å². The molecule has 2 aromatic carbocycles. The normalized spacial score (nSPS) is 12.1. The first-order chi connectivity index (χ1) is 13.9. The third-order valence-electron chi connectivity index (χ3n) is 4.55. The SMILES string of the molecule is CC(C)COc1cccc(CC(=O)N(Cc2ccc(F)cc2)CC(CN)CO)c1. The van der Waals surface area contributed by atoms with Crippen LogP contribution in [-0.4, -0.2) is 42.2 Å². The van der Waals surface area contributed by atoms with E-state index in [0.717, 1.165) is 16.9 Å². The Balaban J connectivity index is 2.11. The van der Waals surface area contributed by atoms with Crippen molar-refractivity contribution in [3.05, 3.63) is 65.5 Å². The van der Waals surface area contributed by atoms with Gasteiger partial charge in [0.05, 0.1) is 13.0 Å². The molecule has 2 aromatic rings. The Morgan fingerprint density at radius 1 is 1.17 bits per heavy atom. The summed E-state index contributed by atoms with van der Waals surface area (Å²) in [6, 6.07) is 13.6. The Kier molecular flexibility index (Phi) is 9.09. The molecule has 0 saturated heterocycles. The summed E-state index contributed by atoms with van der Waals surface area (Å²) in [5, 5.41) is 9.51. The fourth-order valence-corrected chi connectivity index (χ4v) is 2.88. The van der Waals surface area contributed by atoms with Crippen LogP contribution in [0.15, 0.2) is 48.5 Å². The zero-order chi connectivity index (χ0) is 21.2. The number of nitrogens with two attached hydrogens (primary N) is 1. The molecule has 158 valence electrons. The zero-order valence-electron chi connectivity index (χ0n) is 17.2. The number of ether oxygens (including phenoxy) is 1. The second-order valence-corrected chi connectivity index (χ2v) is 7.71. The molecule has 0 spiro atoms. The van der Waals surface area contributed by atoms with Gasteiger partial charge in [-0.25, -0.2) is 4.39 Å². The Bertz CT molecular complexity index is 761. The van der Waals surface area contributed by atoms with E-state index in [1.807, 2.05) is 24.3 Å². The summed E-state index contributed by atoms with van der Waals surface area (Å²) >= 11 is 0. The molecular weight excluding hydrogens is 371 g/mol. The van der Waals surface area contributed by atoms with Gasteiger partial charge < -0.3 is 20.5 Å². The van der Waals surface area contributed by atoms with Crippen LogP contribution in [-0.2, 0) is 17.8 Å². The van der Waals surface area contributed by atoms with Crippen LogP contribution in [0.3, 0.4) is 0 Å². The highest BCUT2D eigenvalue weighted by Crippen LogP contribution is 2.17. The summed E-state index contributed by atoms with van der Waals surface area (Å²) in [6.07, 6.45) is 0.211. The number of aliphatic hydroxyl groups excluding tert-OH is 1. The Morgan fingerprint density at radius 2 is 1.90 bits per heavy atom. The monoisotopic (exact) mass is 402 g/mol. The number of halogens is 1. The summed E-state index contributed by atoms with van der Waals surface area (Å²) in [7, 11) is 0. The summed E-state index contributed by atoms with van der Waals surface area (Å²) in [4.78, 5) is 14.7. The van der Waals surface area contributed by atoms with E-state index in [0.29, 0.717) is 25.6 Å². The van der Waals surface area contributed by atoms with Crippen LogP contribution >= 0.6 is 0 Å². The molecule has 3 N–H and O–H groups in total. The van der Waals surface area contributed by atoms with Crippen molar-refractivity contribution in [1.29, 1.82) is 0 Å². The van der Waals surface area contributed by atoms with Gasteiger partial charge in [-0.3, -0.25) is 4.79 Å². The highest BCUT2D eigenvalue weighted by atomic mass is 19.1. The average Bonchev–Trinajstić information content (AvgIpc) is 2.71. The van der Waals surface area contributed by atoms with E-state index in [9.17, 15) is 14.3 Å². The molecule has 0 radical (unpaired) electrons. The third-order valence-corrected chi connectivity index (χ3v) is 4.55. The van der Waals surface area contributed by atoms with Gasteiger partial charge in [0.25, 0.3) is 0 Å². The summed E-state index contributed by atoms with van der Waals surface area (Å²) in [5.41, 5.74) is 7.39. The Hall–Kier alpha value is -2.44. The van der Waals surface area contributed by atoms with Crippen LogP contribution in [0.1, 0.15) is 25.0 Å². The molecule has 0 saturated carbocycles. The maximum Gasteiger partial charge on any atom is 0.227 e. The Morgan fingerprint density at radius 3 is 2.52 bits per heavy atom. The largest absolute Gasteiger partial charge is 0.493 e. The molecule has 29 heavy (non-hydrogen) atoms. The zero-order valence-corrected chi connectivity index (χ0v) is 17.2. The van der Waals surface area contributed by atoms with E-state index < -0.39 is 0 Å². The van der Waals surface area contributed by atoms with Gasteiger partial charge in [-0.15, -0.1) is 0 Å². The van der Waals surface area contributed by atoms with Crippen LogP contribution in [0.4, 0.5) is 4.39 Å². The number of rotatable bonds is 11. The molecule has 0 aliphatic rings. The summed E-state index contributed by atoms with van der Waals surface area (Å²) in [6.45, 7) is 5.63. The molecule has 0 heterocycles. The van der Waals surface area contributed by atoms with Crippen molar-refractivity contribution in [2.75, 3.05) is 26.3 Å². The predicted molar refractivity (Wildman–Crippen MR) is 112 cm³/mol. The maximum absolute atomic E-state index is 13.2. The van der Waals surface area contributed by atoms with E-state index in [1.54, 1.807) is 17.0 Å². The molecule has 6 heteroatoms. The van der Waals surface area contributed by atoms with Gasteiger partial charge in [0.15, 0.2) is 0 Å². The lowest BCUT2D eigenvalue weighted by molar-refractivity contribution is -0.131. The first-order valence-electron chi connectivity index (χ1n) is 9.96. The quantitative estimate of drug-likeness (QED) is 0.606. The lowest BCUT2D eigenvalue weighted by Gasteiger charge is -2.27. The van der Waals surface area contributed by atoms with Crippen molar-refractivity contribution in [2.24, 2.45) is 17.6 Å². The maximum atomic E-state index is 13.2. The number of carbonyl (C=O) groups is 1. The van der Waals surface area contributed by atoms with Crippen LogP contribution < -0.4 is 10.5 Å². The number of amides is 1. The molecule has 5 nitrogen and oxygen atoms in total. The van der Waals surface area contributed by atoms with Gasteiger partial charge in [0.2, 0.25) is 5.91 Å². The van der Waals surface area contributed by atoms with E-state index in [-0.39, 0.29) is 37.2 Å². The minimum Gasteiger partial charge on any atom is -0.493 e. The molecule has 0 aliphatic heterocycles. The smallest absolute Gasteiger partial charge is 0.227 e. The number of hydrogen-bond donors (Lipinski definition) is 2. The minimum atomic E-state index is -0.319. The van der Waals surface area contributed by atoms with Gasteiger partial charge >= 0.3 is 0 Å². The van der Waals surface area contributed by atoms with Crippen molar-refractivity contribution < 1.29 is 19.0 Å². The van der Waals surface area contributed by atoms with Crippen molar-refractivity contribution in [2.45, 2.75) is 26.8 Å². The number of carbonyl (C=O) groups excluding carboxylic acids is 1. The van der Waals surface area contributed by atoms with Crippen molar-refractivity contribution in [3.8, 4) is 5.75 Å². The molecule has 1 amide bonds. The molecule has 0 aliphatic carbocycles. The van der Waals surface area contributed by atoms with Gasteiger partial charge in [-0.2, -0.15) is 0 Å². The standard InChI is InChI=1S/C23H31FN2O3/c1-17(2)16-29-22-5-3-4-19(10-22)11-23(28)26(14-20(12-25)15-27)13-18-6-8-21(24)9-7-18/h3-10,17,20,27H,11-16,25H2,1-2H3. The van der Waals surface area contributed by atoms with E-state index in [4.69, 9.17) is 10.5 Å². The Labute approximate surface area is 172 Å². The fraction of sp³-hybridized carbons (Fsp3) is 0.435. The number of hydrogen-bond acceptors (Lipinski definition) is 4. The first-order valence-corrected chi connectivity index (χ1v) is 9.96. The molecule has 0 aromatic heterocycles.